The highest BCUT2D eigenvalue weighted by Gasteiger charge is 2.11. The van der Waals surface area contributed by atoms with Crippen LogP contribution in [0.3, 0.4) is 0 Å². The van der Waals surface area contributed by atoms with E-state index in [0.717, 1.165) is 18.7 Å². The highest BCUT2D eigenvalue weighted by Crippen LogP contribution is 2.28. The Bertz CT molecular complexity index is 529. The number of nitrogens with one attached hydrogen (secondary N) is 1. The first kappa shape index (κ1) is 13.0. The quantitative estimate of drug-likeness (QED) is 0.877. The SMILES string of the molecule is CNCCc1cn(C(C)C)c2ccc(OC)cc12. The zero-order valence-corrected chi connectivity index (χ0v) is 11.7. The van der Waals surface area contributed by atoms with E-state index in [4.69, 9.17) is 4.74 Å². The molecule has 0 saturated carbocycles. The normalized spacial score (nSPS) is 11.4. The van der Waals surface area contributed by atoms with Gasteiger partial charge in [-0.25, -0.2) is 0 Å². The molecule has 18 heavy (non-hydrogen) atoms. The molecule has 0 atom stereocenters. The lowest BCUT2D eigenvalue weighted by molar-refractivity contribution is 0.415. The predicted molar refractivity (Wildman–Crippen MR) is 76.5 cm³/mol. The molecular weight excluding hydrogens is 224 g/mol. The summed E-state index contributed by atoms with van der Waals surface area (Å²) in [6.45, 7) is 5.42. The van der Waals surface area contributed by atoms with Crippen LogP contribution in [0, 0.1) is 0 Å². The van der Waals surface area contributed by atoms with Crippen molar-refractivity contribution in [3.05, 3.63) is 30.0 Å². The second-order valence-corrected chi connectivity index (χ2v) is 4.89. The van der Waals surface area contributed by atoms with Crippen molar-refractivity contribution < 1.29 is 4.74 Å². The average Bonchev–Trinajstić information content (AvgIpc) is 2.74. The fraction of sp³-hybridized carbons (Fsp3) is 0.467. The molecule has 1 heterocycles. The summed E-state index contributed by atoms with van der Waals surface area (Å²) in [6.07, 6.45) is 3.31. The van der Waals surface area contributed by atoms with Gasteiger partial charge in [0.25, 0.3) is 0 Å². The molecule has 0 radical (unpaired) electrons. The van der Waals surface area contributed by atoms with Crippen LogP contribution in [0.1, 0.15) is 25.5 Å². The van der Waals surface area contributed by atoms with Crippen molar-refractivity contribution in [2.45, 2.75) is 26.3 Å². The van der Waals surface area contributed by atoms with Gasteiger partial charge in [0.1, 0.15) is 5.75 Å². The van der Waals surface area contributed by atoms with E-state index in [1.54, 1.807) is 7.11 Å². The monoisotopic (exact) mass is 246 g/mol. The summed E-state index contributed by atoms with van der Waals surface area (Å²) in [5.74, 6) is 0.926. The van der Waals surface area contributed by atoms with Crippen molar-refractivity contribution in [3.63, 3.8) is 0 Å². The molecule has 0 aliphatic carbocycles. The van der Waals surface area contributed by atoms with Crippen molar-refractivity contribution in [3.8, 4) is 5.75 Å². The van der Waals surface area contributed by atoms with Gasteiger partial charge in [0.15, 0.2) is 0 Å². The number of likely N-dealkylation sites (N-methyl/N-ethyl adjacent to an activating group) is 1. The van der Waals surface area contributed by atoms with Crippen LogP contribution in [0.4, 0.5) is 0 Å². The van der Waals surface area contributed by atoms with E-state index in [0.29, 0.717) is 6.04 Å². The van der Waals surface area contributed by atoms with E-state index in [-0.39, 0.29) is 0 Å². The van der Waals surface area contributed by atoms with Crippen LogP contribution >= 0.6 is 0 Å². The van der Waals surface area contributed by atoms with Crippen LogP contribution in [-0.2, 0) is 6.42 Å². The van der Waals surface area contributed by atoms with E-state index >= 15 is 0 Å². The van der Waals surface area contributed by atoms with Gasteiger partial charge in [0.2, 0.25) is 0 Å². The summed E-state index contributed by atoms with van der Waals surface area (Å²) >= 11 is 0. The molecule has 0 aliphatic rings. The number of nitrogens with zero attached hydrogens (tertiary/aromatic N) is 1. The third-order valence-electron chi connectivity index (χ3n) is 3.32. The second kappa shape index (κ2) is 5.44. The molecule has 1 aromatic carbocycles. The lowest BCUT2D eigenvalue weighted by Crippen LogP contribution is -2.10. The predicted octanol–water partition coefficient (Wildman–Crippen LogP) is 2.99. The van der Waals surface area contributed by atoms with Crippen LogP contribution in [0.2, 0.25) is 0 Å². The molecular formula is C15H22N2O. The first-order valence-corrected chi connectivity index (χ1v) is 6.49. The number of hydrogen-bond donors (Lipinski definition) is 1. The summed E-state index contributed by atoms with van der Waals surface area (Å²) in [7, 11) is 3.70. The summed E-state index contributed by atoms with van der Waals surface area (Å²) in [5.41, 5.74) is 2.67. The van der Waals surface area contributed by atoms with Gasteiger partial charge in [0, 0.05) is 23.1 Å². The van der Waals surface area contributed by atoms with Gasteiger partial charge in [-0.2, -0.15) is 0 Å². The Balaban J connectivity index is 2.53. The van der Waals surface area contributed by atoms with Gasteiger partial charge < -0.3 is 14.6 Å². The number of ether oxygens (including phenoxy) is 1. The maximum atomic E-state index is 5.33. The van der Waals surface area contributed by atoms with Gasteiger partial charge in [-0.1, -0.05) is 0 Å². The third kappa shape index (κ3) is 2.36. The Kier molecular flexibility index (Phi) is 3.92. The molecule has 0 spiro atoms. The molecule has 3 nitrogen and oxygen atoms in total. The summed E-state index contributed by atoms with van der Waals surface area (Å²) < 4.78 is 7.66. The highest BCUT2D eigenvalue weighted by atomic mass is 16.5. The maximum absolute atomic E-state index is 5.33. The van der Waals surface area contributed by atoms with Crippen LogP contribution in [0.15, 0.2) is 24.4 Å². The van der Waals surface area contributed by atoms with Crippen LogP contribution in [0.25, 0.3) is 10.9 Å². The molecule has 0 amide bonds. The van der Waals surface area contributed by atoms with E-state index in [1.807, 2.05) is 13.1 Å². The first-order valence-electron chi connectivity index (χ1n) is 6.49. The number of benzene rings is 1. The summed E-state index contributed by atoms with van der Waals surface area (Å²) in [4.78, 5) is 0. The Morgan fingerprint density at radius 1 is 1.33 bits per heavy atom. The minimum absolute atomic E-state index is 0.476. The lowest BCUT2D eigenvalue weighted by atomic mass is 10.1. The largest absolute Gasteiger partial charge is 0.497 e. The number of hydrogen-bond acceptors (Lipinski definition) is 2. The Morgan fingerprint density at radius 2 is 2.11 bits per heavy atom. The molecule has 98 valence electrons. The molecule has 0 bridgehead atoms. The van der Waals surface area contributed by atoms with Gasteiger partial charge in [-0.05, 0) is 57.6 Å². The third-order valence-corrected chi connectivity index (χ3v) is 3.32. The van der Waals surface area contributed by atoms with Gasteiger partial charge in [-0.15, -0.1) is 0 Å². The van der Waals surface area contributed by atoms with Gasteiger partial charge in [-0.3, -0.25) is 0 Å². The Labute approximate surface area is 109 Å². The molecule has 3 heteroatoms. The second-order valence-electron chi connectivity index (χ2n) is 4.89. The number of methoxy groups -OCH3 is 1. The molecule has 0 unspecified atom stereocenters. The van der Waals surface area contributed by atoms with Crippen molar-refractivity contribution in [2.24, 2.45) is 0 Å². The van der Waals surface area contributed by atoms with Crippen molar-refractivity contribution in [2.75, 3.05) is 20.7 Å². The number of aromatic nitrogens is 1. The highest BCUT2D eigenvalue weighted by molar-refractivity contribution is 5.85. The number of fused-ring (bicyclic) bond motifs is 1. The van der Waals surface area contributed by atoms with Crippen LogP contribution < -0.4 is 10.1 Å². The molecule has 0 saturated heterocycles. The van der Waals surface area contributed by atoms with Crippen molar-refractivity contribution in [1.29, 1.82) is 0 Å². The molecule has 2 aromatic rings. The smallest absolute Gasteiger partial charge is 0.119 e. The number of rotatable bonds is 5. The fourth-order valence-electron chi connectivity index (χ4n) is 2.32. The molecule has 1 N–H and O–H groups in total. The topological polar surface area (TPSA) is 26.2 Å². The zero-order valence-electron chi connectivity index (χ0n) is 11.7. The summed E-state index contributed by atoms with van der Waals surface area (Å²) in [6, 6.07) is 6.79. The minimum atomic E-state index is 0.476. The standard InChI is InChI=1S/C15H22N2O/c1-11(2)17-10-12(7-8-16-3)14-9-13(18-4)5-6-15(14)17/h5-6,9-11,16H,7-8H2,1-4H3. The Hall–Kier alpha value is -1.48. The summed E-state index contributed by atoms with van der Waals surface area (Å²) in [5, 5.41) is 4.51. The molecule has 1 aromatic heterocycles. The van der Waals surface area contributed by atoms with E-state index in [2.05, 4.69) is 42.1 Å². The lowest BCUT2D eigenvalue weighted by Gasteiger charge is -2.09. The zero-order chi connectivity index (χ0) is 13.1. The molecule has 2 rings (SSSR count). The first-order chi connectivity index (χ1) is 8.67. The maximum Gasteiger partial charge on any atom is 0.119 e. The van der Waals surface area contributed by atoms with Crippen molar-refractivity contribution >= 4 is 10.9 Å². The van der Waals surface area contributed by atoms with E-state index in [9.17, 15) is 0 Å². The average molecular weight is 246 g/mol. The molecule has 0 aliphatic heterocycles. The van der Waals surface area contributed by atoms with E-state index in [1.165, 1.54) is 16.5 Å². The van der Waals surface area contributed by atoms with Gasteiger partial charge >= 0.3 is 0 Å². The van der Waals surface area contributed by atoms with Crippen LogP contribution in [-0.4, -0.2) is 25.3 Å². The molecule has 0 fully saturated rings. The minimum Gasteiger partial charge on any atom is -0.497 e. The van der Waals surface area contributed by atoms with Crippen LogP contribution in [0.5, 0.6) is 5.75 Å². The van der Waals surface area contributed by atoms with Crippen molar-refractivity contribution in [1.82, 2.24) is 9.88 Å². The van der Waals surface area contributed by atoms with E-state index < -0.39 is 0 Å². The van der Waals surface area contributed by atoms with Gasteiger partial charge in [0.05, 0.1) is 7.11 Å². The fourth-order valence-corrected chi connectivity index (χ4v) is 2.32. The Morgan fingerprint density at radius 3 is 2.72 bits per heavy atom.